The number of ether oxygens (including phenoxy) is 1. The van der Waals surface area contributed by atoms with Crippen molar-refractivity contribution in [1.29, 1.82) is 0 Å². The molecule has 0 atom stereocenters. The summed E-state index contributed by atoms with van der Waals surface area (Å²) in [5.74, 6) is -0.0457. The first-order valence-corrected chi connectivity index (χ1v) is 8.21. The Labute approximate surface area is 143 Å². The number of aromatic hydroxyl groups is 1. The SMILES string of the molecule is CN(C(=O)c1cccc(O)c1)C1CCN(C(=O)OC(C)(C)C)CC1. The summed E-state index contributed by atoms with van der Waals surface area (Å²) < 4.78 is 5.38. The van der Waals surface area contributed by atoms with Crippen LogP contribution in [-0.2, 0) is 4.74 Å². The topological polar surface area (TPSA) is 70.1 Å². The summed E-state index contributed by atoms with van der Waals surface area (Å²) in [5.41, 5.74) is -0.0391. The second kappa shape index (κ2) is 7.11. The van der Waals surface area contributed by atoms with Gasteiger partial charge in [-0.05, 0) is 51.8 Å². The van der Waals surface area contributed by atoms with Gasteiger partial charge in [0, 0.05) is 31.7 Å². The fourth-order valence-electron chi connectivity index (χ4n) is 2.77. The van der Waals surface area contributed by atoms with Crippen LogP contribution >= 0.6 is 0 Å². The van der Waals surface area contributed by atoms with Crippen LogP contribution in [0.3, 0.4) is 0 Å². The van der Waals surface area contributed by atoms with Crippen molar-refractivity contribution in [2.75, 3.05) is 20.1 Å². The van der Waals surface area contributed by atoms with Crippen molar-refractivity contribution in [1.82, 2.24) is 9.80 Å². The number of rotatable bonds is 2. The van der Waals surface area contributed by atoms with Crippen LogP contribution in [0.2, 0.25) is 0 Å². The molecule has 1 aromatic rings. The van der Waals surface area contributed by atoms with Gasteiger partial charge in [0.1, 0.15) is 11.4 Å². The molecule has 2 amide bonds. The molecule has 1 fully saturated rings. The normalized spacial score (nSPS) is 15.9. The van der Waals surface area contributed by atoms with E-state index >= 15 is 0 Å². The molecular formula is C18H26N2O4. The van der Waals surface area contributed by atoms with Crippen LogP contribution in [0.1, 0.15) is 44.0 Å². The van der Waals surface area contributed by atoms with Gasteiger partial charge >= 0.3 is 6.09 Å². The summed E-state index contributed by atoms with van der Waals surface area (Å²) in [6.07, 6.45) is 1.11. The summed E-state index contributed by atoms with van der Waals surface area (Å²) in [6, 6.07) is 6.42. The standard InChI is InChI=1S/C18H26N2O4/c1-18(2,3)24-17(23)20-10-8-14(9-11-20)19(4)16(22)13-6-5-7-15(21)12-13/h5-7,12,14,21H,8-11H2,1-4H3. The largest absolute Gasteiger partial charge is 0.508 e. The number of amides is 2. The zero-order valence-electron chi connectivity index (χ0n) is 14.8. The Bertz CT molecular complexity index is 601. The number of phenols is 1. The molecule has 1 N–H and O–H groups in total. The molecule has 132 valence electrons. The number of hydrogen-bond donors (Lipinski definition) is 1. The molecular weight excluding hydrogens is 308 g/mol. The van der Waals surface area contributed by atoms with Crippen LogP contribution in [-0.4, -0.2) is 58.7 Å². The highest BCUT2D eigenvalue weighted by molar-refractivity contribution is 5.94. The molecule has 0 bridgehead atoms. The van der Waals surface area contributed by atoms with Gasteiger partial charge in [0.05, 0.1) is 0 Å². The second-order valence-electron chi connectivity index (χ2n) is 7.16. The van der Waals surface area contributed by atoms with E-state index in [1.165, 1.54) is 12.1 Å². The zero-order chi connectivity index (χ0) is 17.9. The van der Waals surface area contributed by atoms with Crippen LogP contribution < -0.4 is 0 Å². The lowest BCUT2D eigenvalue weighted by atomic mass is 10.0. The van der Waals surface area contributed by atoms with E-state index in [1.54, 1.807) is 29.0 Å². The number of carbonyl (C=O) groups excluding carboxylic acids is 2. The zero-order valence-corrected chi connectivity index (χ0v) is 14.8. The second-order valence-corrected chi connectivity index (χ2v) is 7.16. The van der Waals surface area contributed by atoms with Crippen molar-refractivity contribution in [3.05, 3.63) is 29.8 Å². The van der Waals surface area contributed by atoms with Gasteiger partial charge in [-0.25, -0.2) is 4.79 Å². The highest BCUT2D eigenvalue weighted by Crippen LogP contribution is 2.21. The van der Waals surface area contributed by atoms with E-state index in [9.17, 15) is 14.7 Å². The number of carbonyl (C=O) groups is 2. The lowest BCUT2D eigenvalue weighted by molar-refractivity contribution is 0.0160. The fraction of sp³-hybridized carbons (Fsp3) is 0.556. The van der Waals surface area contributed by atoms with E-state index in [4.69, 9.17) is 4.74 Å². The Morgan fingerprint density at radius 3 is 2.42 bits per heavy atom. The predicted octanol–water partition coefficient (Wildman–Crippen LogP) is 2.86. The molecule has 2 rings (SSSR count). The van der Waals surface area contributed by atoms with E-state index < -0.39 is 5.60 Å². The van der Waals surface area contributed by atoms with E-state index in [-0.39, 0.29) is 23.8 Å². The molecule has 6 nitrogen and oxygen atoms in total. The average molecular weight is 334 g/mol. The number of benzene rings is 1. The Kier molecular flexibility index (Phi) is 5.36. The molecule has 0 aliphatic carbocycles. The van der Waals surface area contributed by atoms with E-state index in [1.807, 2.05) is 20.8 Å². The molecule has 6 heteroatoms. The van der Waals surface area contributed by atoms with Gasteiger partial charge in [0.15, 0.2) is 0 Å². The Hall–Kier alpha value is -2.24. The third kappa shape index (κ3) is 4.63. The van der Waals surface area contributed by atoms with E-state index in [2.05, 4.69) is 0 Å². The van der Waals surface area contributed by atoms with Gasteiger partial charge < -0.3 is 19.6 Å². The highest BCUT2D eigenvalue weighted by Gasteiger charge is 2.30. The maximum absolute atomic E-state index is 12.5. The van der Waals surface area contributed by atoms with Gasteiger partial charge in [0.2, 0.25) is 0 Å². The van der Waals surface area contributed by atoms with E-state index in [0.717, 1.165) is 0 Å². The van der Waals surface area contributed by atoms with Crippen LogP contribution in [0.4, 0.5) is 4.79 Å². The van der Waals surface area contributed by atoms with Gasteiger partial charge in [0.25, 0.3) is 5.91 Å². The van der Waals surface area contributed by atoms with Crippen molar-refractivity contribution >= 4 is 12.0 Å². The smallest absolute Gasteiger partial charge is 0.410 e. The number of hydrogen-bond acceptors (Lipinski definition) is 4. The van der Waals surface area contributed by atoms with Gasteiger partial charge in [-0.1, -0.05) is 6.07 Å². The maximum atomic E-state index is 12.5. The minimum atomic E-state index is -0.504. The van der Waals surface area contributed by atoms with Crippen molar-refractivity contribution in [2.24, 2.45) is 0 Å². The summed E-state index contributed by atoms with van der Waals surface area (Å²) in [7, 11) is 1.76. The number of nitrogens with zero attached hydrogens (tertiary/aromatic N) is 2. The summed E-state index contributed by atoms with van der Waals surface area (Å²) in [4.78, 5) is 28.0. The third-order valence-electron chi connectivity index (χ3n) is 4.08. The first kappa shape index (κ1) is 18.1. The first-order valence-electron chi connectivity index (χ1n) is 8.21. The Morgan fingerprint density at radius 2 is 1.88 bits per heavy atom. The monoisotopic (exact) mass is 334 g/mol. The minimum absolute atomic E-state index is 0.0681. The van der Waals surface area contributed by atoms with Crippen LogP contribution in [0.15, 0.2) is 24.3 Å². The summed E-state index contributed by atoms with van der Waals surface area (Å²) in [5, 5.41) is 9.51. The van der Waals surface area contributed by atoms with Crippen molar-refractivity contribution < 1.29 is 19.4 Å². The summed E-state index contributed by atoms with van der Waals surface area (Å²) in [6.45, 7) is 6.67. The lowest BCUT2D eigenvalue weighted by Crippen LogP contribution is -2.48. The molecule has 0 saturated carbocycles. The molecule has 1 saturated heterocycles. The number of likely N-dealkylation sites (tertiary alicyclic amines) is 1. The quantitative estimate of drug-likeness (QED) is 0.903. The molecule has 0 radical (unpaired) electrons. The Morgan fingerprint density at radius 1 is 1.25 bits per heavy atom. The van der Waals surface area contributed by atoms with Crippen LogP contribution in [0, 0.1) is 0 Å². The number of phenolic OH excluding ortho intramolecular Hbond substituents is 1. The molecule has 1 aromatic carbocycles. The Balaban J connectivity index is 1.92. The minimum Gasteiger partial charge on any atom is -0.508 e. The van der Waals surface area contributed by atoms with Gasteiger partial charge in [-0.2, -0.15) is 0 Å². The molecule has 0 unspecified atom stereocenters. The average Bonchev–Trinajstić information content (AvgIpc) is 2.52. The van der Waals surface area contributed by atoms with Gasteiger partial charge in [-0.3, -0.25) is 4.79 Å². The molecule has 1 aliphatic heterocycles. The molecule has 0 spiro atoms. The molecule has 0 aromatic heterocycles. The van der Waals surface area contributed by atoms with Crippen molar-refractivity contribution in [3.63, 3.8) is 0 Å². The third-order valence-corrected chi connectivity index (χ3v) is 4.08. The number of piperidine rings is 1. The van der Waals surface area contributed by atoms with E-state index in [0.29, 0.717) is 31.5 Å². The lowest BCUT2D eigenvalue weighted by Gasteiger charge is -2.37. The predicted molar refractivity (Wildman–Crippen MR) is 91.0 cm³/mol. The van der Waals surface area contributed by atoms with Crippen molar-refractivity contribution in [2.45, 2.75) is 45.3 Å². The molecule has 1 aliphatic rings. The fourth-order valence-corrected chi connectivity index (χ4v) is 2.77. The van der Waals surface area contributed by atoms with Crippen molar-refractivity contribution in [3.8, 4) is 5.75 Å². The van der Waals surface area contributed by atoms with Crippen LogP contribution in [0.25, 0.3) is 0 Å². The maximum Gasteiger partial charge on any atom is 0.410 e. The summed E-state index contributed by atoms with van der Waals surface area (Å²) >= 11 is 0. The molecule has 24 heavy (non-hydrogen) atoms. The van der Waals surface area contributed by atoms with Crippen LogP contribution in [0.5, 0.6) is 5.75 Å². The molecule has 1 heterocycles. The highest BCUT2D eigenvalue weighted by atomic mass is 16.6. The van der Waals surface area contributed by atoms with Gasteiger partial charge in [-0.15, -0.1) is 0 Å². The first-order chi connectivity index (χ1) is 11.2.